The van der Waals surface area contributed by atoms with Gasteiger partial charge in [-0.1, -0.05) is 6.07 Å². The number of aromatic nitrogens is 4. The highest BCUT2D eigenvalue weighted by Gasteiger charge is 2.17. The highest BCUT2D eigenvalue weighted by Crippen LogP contribution is 2.21. The van der Waals surface area contributed by atoms with E-state index in [0.29, 0.717) is 18.8 Å². The van der Waals surface area contributed by atoms with E-state index >= 15 is 0 Å². The summed E-state index contributed by atoms with van der Waals surface area (Å²) >= 11 is 0. The Kier molecular flexibility index (Phi) is 4.16. The van der Waals surface area contributed by atoms with E-state index in [1.807, 2.05) is 35.0 Å². The van der Waals surface area contributed by atoms with Crippen molar-refractivity contribution in [3.63, 3.8) is 0 Å². The first-order chi connectivity index (χ1) is 11.0. The van der Waals surface area contributed by atoms with E-state index in [0.717, 1.165) is 5.69 Å². The summed E-state index contributed by atoms with van der Waals surface area (Å²) < 4.78 is 29.3. The van der Waals surface area contributed by atoms with Gasteiger partial charge in [-0.15, -0.1) is 0 Å². The molecule has 0 spiro atoms. The Morgan fingerprint density at radius 1 is 1.17 bits per heavy atom. The first-order valence-corrected chi connectivity index (χ1v) is 8.92. The monoisotopic (exact) mass is 331 g/mol. The zero-order valence-electron chi connectivity index (χ0n) is 12.6. The van der Waals surface area contributed by atoms with E-state index < -0.39 is 10.0 Å². The topological polar surface area (TPSA) is 73.0 Å². The lowest BCUT2D eigenvalue weighted by Gasteiger charge is -2.23. The van der Waals surface area contributed by atoms with Crippen molar-refractivity contribution >= 4 is 15.7 Å². The van der Waals surface area contributed by atoms with Crippen LogP contribution in [0.4, 0.5) is 5.69 Å². The number of benzene rings is 1. The van der Waals surface area contributed by atoms with Gasteiger partial charge in [0.15, 0.2) is 0 Å². The molecule has 120 valence electrons. The Hall–Kier alpha value is -2.61. The van der Waals surface area contributed by atoms with Crippen LogP contribution in [0.3, 0.4) is 0 Å². The van der Waals surface area contributed by atoms with Crippen LogP contribution in [-0.2, 0) is 16.6 Å². The second kappa shape index (κ2) is 6.25. The lowest BCUT2D eigenvalue weighted by atomic mass is 10.2. The van der Waals surface area contributed by atoms with Crippen LogP contribution in [-0.4, -0.2) is 40.5 Å². The number of nitrogens with zero attached hydrogens (tertiary/aromatic N) is 5. The maximum atomic E-state index is 12.2. The summed E-state index contributed by atoms with van der Waals surface area (Å²) in [5, 5.41) is 4.17. The molecule has 0 fully saturated rings. The van der Waals surface area contributed by atoms with Crippen molar-refractivity contribution in [1.82, 2.24) is 19.3 Å². The molecule has 1 aromatic carbocycles. The molecule has 3 rings (SSSR count). The number of hydrogen-bond donors (Lipinski definition) is 0. The molecule has 0 N–H and O–H groups in total. The molecule has 0 radical (unpaired) electrons. The van der Waals surface area contributed by atoms with Gasteiger partial charge in [-0.25, -0.2) is 18.1 Å². The smallest absolute Gasteiger partial charge is 0.232 e. The van der Waals surface area contributed by atoms with Gasteiger partial charge in [-0.2, -0.15) is 5.10 Å². The lowest BCUT2D eigenvalue weighted by molar-refractivity contribution is 0.591. The molecule has 8 heteroatoms. The van der Waals surface area contributed by atoms with Crippen LogP contribution in [0.2, 0.25) is 0 Å². The molecule has 0 unspecified atom stereocenters. The third kappa shape index (κ3) is 3.59. The number of hydrogen-bond acceptors (Lipinski definition) is 4. The van der Waals surface area contributed by atoms with Gasteiger partial charge in [0.2, 0.25) is 10.0 Å². The summed E-state index contributed by atoms with van der Waals surface area (Å²) in [4.78, 5) is 3.97. The first-order valence-electron chi connectivity index (χ1n) is 7.07. The van der Waals surface area contributed by atoms with Gasteiger partial charge in [-0.3, -0.25) is 4.31 Å². The fourth-order valence-corrected chi connectivity index (χ4v) is 3.23. The van der Waals surface area contributed by atoms with Gasteiger partial charge in [0.25, 0.3) is 0 Å². The minimum absolute atomic E-state index is 0.331. The average Bonchev–Trinajstić information content (AvgIpc) is 3.20. The molecule has 2 heterocycles. The molecule has 0 aliphatic heterocycles. The Labute approximate surface area is 134 Å². The minimum atomic E-state index is -3.39. The summed E-state index contributed by atoms with van der Waals surface area (Å²) in [7, 11) is -3.39. The Morgan fingerprint density at radius 3 is 2.70 bits per heavy atom. The molecule has 7 nitrogen and oxygen atoms in total. The molecule has 0 saturated carbocycles. The van der Waals surface area contributed by atoms with Crippen LogP contribution in [0.1, 0.15) is 0 Å². The van der Waals surface area contributed by atoms with E-state index in [9.17, 15) is 8.42 Å². The summed E-state index contributed by atoms with van der Waals surface area (Å²) in [6.07, 6.45) is 9.85. The molecule has 0 aliphatic carbocycles. The average molecular weight is 331 g/mol. The second-order valence-electron chi connectivity index (χ2n) is 5.11. The largest absolute Gasteiger partial charge is 0.336 e. The third-order valence-electron chi connectivity index (χ3n) is 3.41. The molecule has 0 saturated heterocycles. The van der Waals surface area contributed by atoms with Gasteiger partial charge >= 0.3 is 0 Å². The van der Waals surface area contributed by atoms with Crippen LogP contribution in [0.25, 0.3) is 5.69 Å². The van der Waals surface area contributed by atoms with Crippen molar-refractivity contribution in [1.29, 1.82) is 0 Å². The predicted molar refractivity (Wildman–Crippen MR) is 88.0 cm³/mol. The Bertz CT molecular complexity index is 857. The van der Waals surface area contributed by atoms with Crippen LogP contribution >= 0.6 is 0 Å². The van der Waals surface area contributed by atoms with Crippen molar-refractivity contribution in [3.05, 3.63) is 61.4 Å². The standard InChI is InChI=1S/C15H17N5O2S/c1-23(21,22)20(11-10-18-9-7-16-13-18)15-5-2-4-14(12-15)19-8-3-6-17-19/h2-9,12-13H,10-11H2,1H3. The summed E-state index contributed by atoms with van der Waals surface area (Å²) in [5.41, 5.74) is 1.42. The maximum Gasteiger partial charge on any atom is 0.232 e. The van der Waals surface area contributed by atoms with Crippen molar-refractivity contribution in [2.24, 2.45) is 0 Å². The Balaban J connectivity index is 1.89. The molecule has 3 aromatic rings. The molecule has 0 bridgehead atoms. The van der Waals surface area contributed by atoms with E-state index in [4.69, 9.17) is 0 Å². The van der Waals surface area contributed by atoms with Gasteiger partial charge < -0.3 is 4.57 Å². The van der Waals surface area contributed by atoms with E-state index in [1.54, 1.807) is 35.7 Å². The van der Waals surface area contributed by atoms with Gasteiger partial charge in [0, 0.05) is 31.3 Å². The number of imidazole rings is 1. The normalized spacial score (nSPS) is 11.5. The van der Waals surface area contributed by atoms with E-state index in [1.165, 1.54) is 10.6 Å². The lowest BCUT2D eigenvalue weighted by Crippen LogP contribution is -2.33. The molecular formula is C15H17N5O2S. The predicted octanol–water partition coefficient (Wildman–Crippen LogP) is 1.53. The van der Waals surface area contributed by atoms with Crippen LogP contribution in [0.15, 0.2) is 61.4 Å². The third-order valence-corrected chi connectivity index (χ3v) is 4.60. The van der Waals surface area contributed by atoms with Gasteiger partial charge in [-0.05, 0) is 24.3 Å². The van der Waals surface area contributed by atoms with Crippen LogP contribution < -0.4 is 4.31 Å². The summed E-state index contributed by atoms with van der Waals surface area (Å²) in [6.45, 7) is 0.858. The quantitative estimate of drug-likeness (QED) is 0.687. The molecule has 23 heavy (non-hydrogen) atoms. The molecule has 0 aliphatic rings. The van der Waals surface area contributed by atoms with Crippen molar-refractivity contribution in [2.45, 2.75) is 6.54 Å². The zero-order chi connectivity index (χ0) is 16.3. The molecule has 2 aromatic heterocycles. The fraction of sp³-hybridized carbons (Fsp3) is 0.200. The number of sulfonamides is 1. The van der Waals surface area contributed by atoms with Crippen LogP contribution in [0.5, 0.6) is 0 Å². The fourth-order valence-electron chi connectivity index (χ4n) is 2.32. The van der Waals surface area contributed by atoms with Crippen molar-refractivity contribution in [2.75, 3.05) is 17.1 Å². The van der Waals surface area contributed by atoms with E-state index in [-0.39, 0.29) is 0 Å². The molecular weight excluding hydrogens is 314 g/mol. The minimum Gasteiger partial charge on any atom is -0.336 e. The maximum absolute atomic E-state index is 12.2. The number of rotatable bonds is 6. The molecule has 0 amide bonds. The van der Waals surface area contributed by atoms with Gasteiger partial charge in [0.05, 0.1) is 30.5 Å². The van der Waals surface area contributed by atoms with Crippen molar-refractivity contribution < 1.29 is 8.42 Å². The van der Waals surface area contributed by atoms with E-state index in [2.05, 4.69) is 10.1 Å². The second-order valence-corrected chi connectivity index (χ2v) is 7.01. The Morgan fingerprint density at radius 2 is 2.04 bits per heavy atom. The molecule has 0 atom stereocenters. The highest BCUT2D eigenvalue weighted by molar-refractivity contribution is 7.92. The first kappa shape index (κ1) is 15.3. The van der Waals surface area contributed by atoms with Crippen LogP contribution in [0, 0.1) is 0 Å². The summed E-state index contributed by atoms with van der Waals surface area (Å²) in [5.74, 6) is 0. The SMILES string of the molecule is CS(=O)(=O)N(CCn1ccnc1)c1cccc(-n2cccn2)c1. The summed E-state index contributed by atoms with van der Waals surface area (Å²) in [6, 6.07) is 9.11. The van der Waals surface area contributed by atoms with Crippen molar-refractivity contribution in [3.8, 4) is 5.69 Å². The highest BCUT2D eigenvalue weighted by atomic mass is 32.2. The zero-order valence-corrected chi connectivity index (χ0v) is 13.5. The van der Waals surface area contributed by atoms with Gasteiger partial charge in [0.1, 0.15) is 0 Å². The number of anilines is 1.